The first-order valence-electron chi connectivity index (χ1n) is 10.0. The van der Waals surface area contributed by atoms with Gasteiger partial charge in [0.2, 0.25) is 11.8 Å². The highest BCUT2D eigenvalue weighted by Gasteiger charge is 2.37. The Morgan fingerprint density at radius 1 is 1.07 bits per heavy atom. The second-order valence-electron chi connectivity index (χ2n) is 7.28. The third kappa shape index (κ3) is 4.76. The van der Waals surface area contributed by atoms with Gasteiger partial charge >= 0.3 is 5.97 Å². The Labute approximate surface area is 176 Å². The Balaban J connectivity index is 1.87. The average molecular weight is 406 g/mol. The molecule has 6 heteroatoms. The number of carbonyl (C=O) groups excluding carboxylic acids is 3. The largest absolute Gasteiger partial charge is 0.463 e. The number of aryl methyl sites for hydroxylation is 1. The van der Waals surface area contributed by atoms with Crippen molar-refractivity contribution < 1.29 is 19.1 Å². The molecule has 0 fully saturated rings. The average Bonchev–Trinajstić information content (AvgIpc) is 2.73. The molecule has 0 aromatic heterocycles. The van der Waals surface area contributed by atoms with E-state index in [0.29, 0.717) is 17.0 Å². The van der Waals surface area contributed by atoms with E-state index in [1.165, 1.54) is 4.90 Å². The van der Waals surface area contributed by atoms with Crippen LogP contribution < -0.4 is 5.32 Å². The highest BCUT2D eigenvalue weighted by molar-refractivity contribution is 5.99. The van der Waals surface area contributed by atoms with E-state index in [2.05, 4.69) is 5.32 Å². The van der Waals surface area contributed by atoms with Gasteiger partial charge in [0, 0.05) is 23.7 Å². The number of anilines is 1. The van der Waals surface area contributed by atoms with Crippen LogP contribution in [0.25, 0.3) is 0 Å². The van der Waals surface area contributed by atoms with Crippen LogP contribution in [0.3, 0.4) is 0 Å². The number of amides is 2. The lowest BCUT2D eigenvalue weighted by Gasteiger charge is -2.34. The van der Waals surface area contributed by atoms with Gasteiger partial charge < -0.3 is 15.0 Å². The van der Waals surface area contributed by atoms with E-state index in [1.54, 1.807) is 13.8 Å². The van der Waals surface area contributed by atoms with E-state index in [-0.39, 0.29) is 31.4 Å². The van der Waals surface area contributed by atoms with Gasteiger partial charge in [-0.05, 0) is 38.5 Å². The zero-order chi connectivity index (χ0) is 21.7. The molecule has 156 valence electrons. The first-order valence-corrected chi connectivity index (χ1v) is 10.0. The minimum absolute atomic E-state index is 0.104. The molecule has 1 N–H and O–H groups in total. The summed E-state index contributed by atoms with van der Waals surface area (Å²) in [6, 6.07) is 16.8. The van der Waals surface area contributed by atoms with Crippen molar-refractivity contribution in [3.05, 3.63) is 77.0 Å². The van der Waals surface area contributed by atoms with Crippen molar-refractivity contribution in [2.24, 2.45) is 0 Å². The molecule has 1 heterocycles. The number of nitrogens with one attached hydrogen (secondary N) is 1. The monoisotopic (exact) mass is 406 g/mol. The van der Waals surface area contributed by atoms with Gasteiger partial charge in [-0.1, -0.05) is 48.0 Å². The highest BCUT2D eigenvalue weighted by Crippen LogP contribution is 2.36. The summed E-state index contributed by atoms with van der Waals surface area (Å²) < 4.78 is 5.26. The van der Waals surface area contributed by atoms with Crippen molar-refractivity contribution >= 4 is 23.5 Å². The van der Waals surface area contributed by atoms with Crippen molar-refractivity contribution in [2.45, 2.75) is 33.1 Å². The molecule has 6 nitrogen and oxygen atoms in total. The van der Waals surface area contributed by atoms with Crippen molar-refractivity contribution in [3.8, 4) is 0 Å². The van der Waals surface area contributed by atoms with Gasteiger partial charge in [-0.15, -0.1) is 0 Å². The normalized spacial score (nSPS) is 16.4. The molecule has 2 amide bonds. The summed E-state index contributed by atoms with van der Waals surface area (Å²) in [6.07, 6.45) is 0.104. The topological polar surface area (TPSA) is 75.7 Å². The van der Waals surface area contributed by atoms with Gasteiger partial charge in [0.25, 0.3) is 0 Å². The van der Waals surface area contributed by atoms with E-state index in [9.17, 15) is 14.4 Å². The lowest BCUT2D eigenvalue weighted by atomic mass is 9.83. The fraction of sp³-hybridized carbons (Fsp3) is 0.292. The first kappa shape index (κ1) is 21.3. The number of benzene rings is 2. The fourth-order valence-electron chi connectivity index (χ4n) is 3.63. The Morgan fingerprint density at radius 3 is 2.37 bits per heavy atom. The molecule has 1 aliphatic rings. The quantitative estimate of drug-likeness (QED) is 0.741. The van der Waals surface area contributed by atoms with E-state index in [0.717, 1.165) is 11.1 Å². The van der Waals surface area contributed by atoms with Crippen molar-refractivity contribution in [1.82, 2.24) is 4.90 Å². The lowest BCUT2D eigenvalue weighted by molar-refractivity contribution is -0.140. The lowest BCUT2D eigenvalue weighted by Crippen LogP contribution is -2.42. The molecular formula is C24H26N2O4. The van der Waals surface area contributed by atoms with Gasteiger partial charge in [0.05, 0.1) is 12.2 Å². The predicted octanol–water partition coefficient (Wildman–Crippen LogP) is 3.79. The highest BCUT2D eigenvalue weighted by atomic mass is 16.5. The Morgan fingerprint density at radius 2 is 1.73 bits per heavy atom. The molecular weight excluding hydrogens is 380 g/mol. The van der Waals surface area contributed by atoms with Gasteiger partial charge in [0.1, 0.15) is 6.54 Å². The van der Waals surface area contributed by atoms with Gasteiger partial charge in [-0.25, -0.2) is 4.79 Å². The number of ether oxygens (including phenoxy) is 1. The molecule has 0 spiro atoms. The summed E-state index contributed by atoms with van der Waals surface area (Å²) in [7, 11) is 0. The standard InChI is InChI=1S/C24H26N2O4/c1-4-30-24(29)23-17(3)26(15-21(27)25-19-12-10-16(2)11-13-19)22(28)14-20(23)18-8-6-5-7-9-18/h5-13,20H,4,14-15H2,1-3H3,(H,25,27)/t20-/m1/s1. The van der Waals surface area contributed by atoms with Crippen LogP contribution in [0, 0.1) is 6.92 Å². The molecule has 2 aromatic carbocycles. The maximum Gasteiger partial charge on any atom is 0.336 e. The summed E-state index contributed by atoms with van der Waals surface area (Å²) in [5.41, 5.74) is 3.49. The summed E-state index contributed by atoms with van der Waals surface area (Å²) in [6.45, 7) is 5.47. The summed E-state index contributed by atoms with van der Waals surface area (Å²) in [4.78, 5) is 39.6. The predicted molar refractivity (Wildman–Crippen MR) is 115 cm³/mol. The summed E-state index contributed by atoms with van der Waals surface area (Å²) in [5, 5.41) is 2.80. The molecule has 0 bridgehead atoms. The van der Waals surface area contributed by atoms with Crippen LogP contribution in [-0.4, -0.2) is 35.8 Å². The van der Waals surface area contributed by atoms with Crippen molar-refractivity contribution in [1.29, 1.82) is 0 Å². The number of esters is 1. The SMILES string of the molecule is CCOC(=O)C1=C(C)N(CC(=O)Nc2ccc(C)cc2)C(=O)C[C@@H]1c1ccccc1. The number of rotatable bonds is 6. The second-order valence-corrected chi connectivity index (χ2v) is 7.28. The fourth-order valence-corrected chi connectivity index (χ4v) is 3.63. The molecule has 1 atom stereocenters. The van der Waals surface area contributed by atoms with Crippen molar-refractivity contribution in [3.63, 3.8) is 0 Å². The maximum absolute atomic E-state index is 12.9. The maximum atomic E-state index is 12.9. The molecule has 0 saturated carbocycles. The van der Waals surface area contributed by atoms with E-state index >= 15 is 0 Å². The van der Waals surface area contributed by atoms with Crippen LogP contribution in [0.5, 0.6) is 0 Å². The number of carbonyl (C=O) groups is 3. The van der Waals surface area contributed by atoms with Crippen LogP contribution in [0.1, 0.15) is 37.3 Å². The molecule has 0 saturated heterocycles. The molecule has 2 aromatic rings. The van der Waals surface area contributed by atoms with Gasteiger partial charge in [-0.3, -0.25) is 9.59 Å². The smallest absolute Gasteiger partial charge is 0.336 e. The molecule has 0 unspecified atom stereocenters. The second kappa shape index (κ2) is 9.39. The zero-order valence-corrected chi connectivity index (χ0v) is 17.5. The zero-order valence-electron chi connectivity index (χ0n) is 17.5. The van der Waals surface area contributed by atoms with Crippen LogP contribution in [-0.2, 0) is 19.1 Å². The molecule has 0 aliphatic carbocycles. The van der Waals surface area contributed by atoms with Gasteiger partial charge in [0.15, 0.2) is 0 Å². The molecule has 0 radical (unpaired) electrons. The Bertz CT molecular complexity index is 964. The molecule has 3 rings (SSSR count). The number of allylic oxidation sites excluding steroid dienone is 1. The number of hydrogen-bond donors (Lipinski definition) is 1. The summed E-state index contributed by atoms with van der Waals surface area (Å²) >= 11 is 0. The third-order valence-electron chi connectivity index (χ3n) is 5.16. The minimum atomic E-state index is -0.458. The third-order valence-corrected chi connectivity index (χ3v) is 5.16. The summed E-state index contributed by atoms with van der Waals surface area (Å²) in [5.74, 6) is -1.38. The molecule has 1 aliphatic heterocycles. The van der Waals surface area contributed by atoms with E-state index in [1.807, 2.05) is 61.5 Å². The number of nitrogens with zero attached hydrogens (tertiary/aromatic N) is 1. The van der Waals surface area contributed by atoms with Crippen LogP contribution in [0.15, 0.2) is 65.9 Å². The van der Waals surface area contributed by atoms with Crippen LogP contribution in [0.4, 0.5) is 5.69 Å². The first-order chi connectivity index (χ1) is 14.4. The van der Waals surface area contributed by atoms with Crippen molar-refractivity contribution in [2.75, 3.05) is 18.5 Å². The Kier molecular flexibility index (Phi) is 6.67. The minimum Gasteiger partial charge on any atom is -0.463 e. The van der Waals surface area contributed by atoms with E-state index in [4.69, 9.17) is 4.74 Å². The van der Waals surface area contributed by atoms with Crippen LogP contribution >= 0.6 is 0 Å². The molecule has 30 heavy (non-hydrogen) atoms. The Hall–Kier alpha value is -3.41. The number of hydrogen-bond acceptors (Lipinski definition) is 4. The van der Waals surface area contributed by atoms with Crippen LogP contribution in [0.2, 0.25) is 0 Å². The van der Waals surface area contributed by atoms with E-state index < -0.39 is 11.9 Å². The van der Waals surface area contributed by atoms with Gasteiger partial charge in [-0.2, -0.15) is 0 Å².